The molecule has 0 spiro atoms. The third-order valence-electron chi connectivity index (χ3n) is 3.71. The zero-order valence-corrected chi connectivity index (χ0v) is 12.0. The molecule has 0 saturated heterocycles. The molecule has 0 fully saturated rings. The number of para-hydroxylation sites is 1. The van der Waals surface area contributed by atoms with E-state index in [1.165, 1.54) is 7.11 Å². The fraction of sp³-hybridized carbons (Fsp3) is 0.167. The fourth-order valence-corrected chi connectivity index (χ4v) is 2.63. The van der Waals surface area contributed by atoms with Crippen molar-refractivity contribution in [3.8, 4) is 0 Å². The third kappa shape index (κ3) is 2.31. The van der Waals surface area contributed by atoms with Crippen LogP contribution in [0.4, 0.5) is 0 Å². The molecule has 3 heteroatoms. The molecule has 0 saturated carbocycles. The first-order valence-corrected chi connectivity index (χ1v) is 6.83. The van der Waals surface area contributed by atoms with E-state index in [2.05, 4.69) is 0 Å². The summed E-state index contributed by atoms with van der Waals surface area (Å²) in [7, 11) is 1.40. The van der Waals surface area contributed by atoms with Crippen LogP contribution >= 0.6 is 0 Å². The van der Waals surface area contributed by atoms with Gasteiger partial charge in [0.25, 0.3) is 0 Å². The zero-order chi connectivity index (χ0) is 14.8. The van der Waals surface area contributed by atoms with Crippen molar-refractivity contribution in [2.75, 3.05) is 7.11 Å². The smallest absolute Gasteiger partial charge is 0.320 e. The number of aryl methyl sites for hydroxylation is 1. The highest BCUT2D eigenvalue weighted by molar-refractivity contribution is 5.87. The monoisotopic (exact) mass is 280 g/mol. The minimum atomic E-state index is -0.538. The van der Waals surface area contributed by atoms with Gasteiger partial charge in [0, 0.05) is 5.39 Å². The average Bonchev–Trinajstić information content (AvgIpc) is 2.86. The summed E-state index contributed by atoms with van der Waals surface area (Å²) in [6.07, 6.45) is 0. The summed E-state index contributed by atoms with van der Waals surface area (Å²) in [6, 6.07) is 17.3. The van der Waals surface area contributed by atoms with E-state index in [0.29, 0.717) is 5.76 Å². The predicted octanol–water partition coefficient (Wildman–Crippen LogP) is 4.05. The molecule has 1 heterocycles. The Labute approximate surface area is 123 Å². The highest BCUT2D eigenvalue weighted by Crippen LogP contribution is 2.34. The van der Waals surface area contributed by atoms with Crippen molar-refractivity contribution in [3.63, 3.8) is 0 Å². The maximum absolute atomic E-state index is 12.3. The fourth-order valence-electron chi connectivity index (χ4n) is 2.63. The summed E-state index contributed by atoms with van der Waals surface area (Å²) in [6.45, 7) is 1.97. The molecule has 0 aliphatic carbocycles. The lowest BCUT2D eigenvalue weighted by molar-refractivity contribution is -0.141. The molecule has 3 rings (SSSR count). The Bertz CT molecular complexity index is 772. The van der Waals surface area contributed by atoms with E-state index < -0.39 is 5.92 Å². The van der Waals surface area contributed by atoms with Crippen molar-refractivity contribution < 1.29 is 13.9 Å². The first kappa shape index (κ1) is 13.4. The number of methoxy groups -OCH3 is 1. The Balaban J connectivity index is 2.19. The van der Waals surface area contributed by atoms with Gasteiger partial charge in [-0.3, -0.25) is 4.79 Å². The van der Waals surface area contributed by atoms with Gasteiger partial charge in [-0.05, 0) is 24.1 Å². The van der Waals surface area contributed by atoms with Crippen molar-refractivity contribution >= 4 is 16.9 Å². The van der Waals surface area contributed by atoms with E-state index in [9.17, 15) is 4.79 Å². The van der Waals surface area contributed by atoms with E-state index in [4.69, 9.17) is 9.15 Å². The average molecular weight is 280 g/mol. The van der Waals surface area contributed by atoms with Crippen LogP contribution < -0.4 is 0 Å². The second-order valence-electron chi connectivity index (χ2n) is 4.95. The normalized spacial score (nSPS) is 12.3. The van der Waals surface area contributed by atoms with Gasteiger partial charge in [0.1, 0.15) is 17.3 Å². The molecule has 0 amide bonds. The molecule has 3 nitrogen and oxygen atoms in total. The van der Waals surface area contributed by atoms with Gasteiger partial charge in [-0.25, -0.2) is 0 Å². The van der Waals surface area contributed by atoms with Crippen molar-refractivity contribution in [3.05, 3.63) is 71.5 Å². The highest BCUT2D eigenvalue weighted by Gasteiger charge is 2.29. The van der Waals surface area contributed by atoms with Crippen LogP contribution in [0.2, 0.25) is 0 Å². The van der Waals surface area contributed by atoms with Crippen molar-refractivity contribution in [1.82, 2.24) is 0 Å². The molecule has 0 radical (unpaired) electrons. The Morgan fingerprint density at radius 2 is 1.71 bits per heavy atom. The van der Waals surface area contributed by atoms with Crippen LogP contribution in [-0.2, 0) is 9.53 Å². The first-order valence-electron chi connectivity index (χ1n) is 6.83. The quantitative estimate of drug-likeness (QED) is 0.679. The molecule has 1 aromatic heterocycles. The number of esters is 1. The lowest BCUT2D eigenvalue weighted by atomic mass is 9.94. The van der Waals surface area contributed by atoms with Gasteiger partial charge in [0.2, 0.25) is 0 Å². The summed E-state index contributed by atoms with van der Waals surface area (Å²) in [5, 5.41) is 1.03. The van der Waals surface area contributed by atoms with Crippen molar-refractivity contribution in [2.45, 2.75) is 12.8 Å². The topological polar surface area (TPSA) is 39.4 Å². The van der Waals surface area contributed by atoms with Crippen LogP contribution in [0.5, 0.6) is 0 Å². The number of hydrogen-bond acceptors (Lipinski definition) is 3. The maximum atomic E-state index is 12.3. The molecule has 0 aliphatic heterocycles. The molecule has 2 aromatic carbocycles. The molecule has 0 bridgehead atoms. The maximum Gasteiger partial charge on any atom is 0.320 e. The van der Waals surface area contributed by atoms with Crippen LogP contribution in [0, 0.1) is 6.92 Å². The van der Waals surface area contributed by atoms with Gasteiger partial charge >= 0.3 is 5.97 Å². The second-order valence-corrected chi connectivity index (χ2v) is 4.95. The molecule has 3 aromatic rings. The number of carbonyl (C=O) groups excluding carboxylic acids is 1. The Morgan fingerprint density at radius 1 is 1.05 bits per heavy atom. The lowest BCUT2D eigenvalue weighted by Gasteiger charge is -2.13. The van der Waals surface area contributed by atoms with E-state index in [1.807, 2.05) is 61.5 Å². The summed E-state index contributed by atoms with van der Waals surface area (Å²) in [4.78, 5) is 12.3. The van der Waals surface area contributed by atoms with Crippen LogP contribution in [0.25, 0.3) is 11.0 Å². The number of furan rings is 1. The molecule has 106 valence electrons. The lowest BCUT2D eigenvalue weighted by Crippen LogP contribution is -2.15. The van der Waals surface area contributed by atoms with E-state index in [-0.39, 0.29) is 5.97 Å². The number of carbonyl (C=O) groups is 1. The Kier molecular flexibility index (Phi) is 3.48. The molecular weight excluding hydrogens is 264 g/mol. The third-order valence-corrected chi connectivity index (χ3v) is 3.71. The van der Waals surface area contributed by atoms with E-state index >= 15 is 0 Å². The standard InChI is InChI=1S/C18H16O3/c1-12-14-10-6-7-11-15(14)21-17(12)16(18(19)20-2)13-8-4-3-5-9-13/h3-11,16H,1-2H3. The second kappa shape index (κ2) is 5.44. The molecule has 1 atom stereocenters. The number of rotatable bonds is 3. The SMILES string of the molecule is COC(=O)C(c1ccccc1)c1oc2ccccc2c1C. The van der Waals surface area contributed by atoms with Gasteiger partial charge in [-0.1, -0.05) is 48.5 Å². The van der Waals surface area contributed by atoms with Gasteiger partial charge in [0.15, 0.2) is 0 Å². The first-order chi connectivity index (χ1) is 10.2. The van der Waals surface area contributed by atoms with Gasteiger partial charge in [0.05, 0.1) is 7.11 Å². The largest absolute Gasteiger partial charge is 0.468 e. The van der Waals surface area contributed by atoms with Gasteiger partial charge in [-0.15, -0.1) is 0 Å². The molecule has 0 N–H and O–H groups in total. The van der Waals surface area contributed by atoms with Crippen LogP contribution in [0.1, 0.15) is 22.8 Å². The van der Waals surface area contributed by atoms with Gasteiger partial charge < -0.3 is 9.15 Å². The van der Waals surface area contributed by atoms with Crippen LogP contribution in [-0.4, -0.2) is 13.1 Å². The molecule has 21 heavy (non-hydrogen) atoms. The van der Waals surface area contributed by atoms with Gasteiger partial charge in [-0.2, -0.15) is 0 Å². The molecule has 0 aliphatic rings. The predicted molar refractivity (Wildman–Crippen MR) is 81.3 cm³/mol. The van der Waals surface area contributed by atoms with Crippen molar-refractivity contribution in [2.24, 2.45) is 0 Å². The number of benzene rings is 2. The number of fused-ring (bicyclic) bond motifs is 1. The zero-order valence-electron chi connectivity index (χ0n) is 12.0. The van der Waals surface area contributed by atoms with Crippen LogP contribution in [0.15, 0.2) is 59.0 Å². The van der Waals surface area contributed by atoms with Crippen LogP contribution in [0.3, 0.4) is 0 Å². The minimum Gasteiger partial charge on any atom is -0.468 e. The number of ether oxygens (including phenoxy) is 1. The Morgan fingerprint density at radius 3 is 2.38 bits per heavy atom. The number of hydrogen-bond donors (Lipinski definition) is 0. The molecular formula is C18H16O3. The summed E-state index contributed by atoms with van der Waals surface area (Å²) in [5.74, 6) is -0.207. The van der Waals surface area contributed by atoms with E-state index in [0.717, 1.165) is 22.1 Å². The Hall–Kier alpha value is -2.55. The van der Waals surface area contributed by atoms with E-state index in [1.54, 1.807) is 0 Å². The summed E-state index contributed by atoms with van der Waals surface area (Å²) >= 11 is 0. The highest BCUT2D eigenvalue weighted by atomic mass is 16.5. The minimum absolute atomic E-state index is 0.316. The summed E-state index contributed by atoms with van der Waals surface area (Å²) in [5.41, 5.74) is 2.63. The summed E-state index contributed by atoms with van der Waals surface area (Å²) < 4.78 is 10.9. The molecule has 1 unspecified atom stereocenters. The van der Waals surface area contributed by atoms with Crippen molar-refractivity contribution in [1.29, 1.82) is 0 Å².